The summed E-state index contributed by atoms with van der Waals surface area (Å²) in [5.74, 6) is 0. The zero-order valence-electron chi connectivity index (χ0n) is 8.56. The van der Waals surface area contributed by atoms with Crippen molar-refractivity contribution in [2.45, 2.75) is 19.1 Å². The number of hydrogen-bond donors (Lipinski definition) is 1. The molecule has 0 aliphatic heterocycles. The second-order valence-corrected chi connectivity index (χ2v) is 3.54. The first-order valence-electron chi connectivity index (χ1n) is 4.47. The molecule has 0 atom stereocenters. The molecule has 0 radical (unpaired) electrons. The molecule has 3 nitrogen and oxygen atoms in total. The summed E-state index contributed by atoms with van der Waals surface area (Å²) in [6, 6.07) is 0.321. The number of carbonyl (C=O) groups excluding carboxylic acids is 1. The normalized spacial score (nSPS) is 12.0. The van der Waals surface area contributed by atoms with Gasteiger partial charge >= 0.3 is 6.18 Å². The molecule has 0 saturated heterocycles. The van der Waals surface area contributed by atoms with Gasteiger partial charge < -0.3 is 5.73 Å². The van der Waals surface area contributed by atoms with Crippen LogP contribution in [0.2, 0.25) is 0 Å². The SMILES string of the molecule is NCc1nc(C(=O)Cl)cc(C(F)F)c1C(F)(F)F. The maximum absolute atomic E-state index is 12.6. The van der Waals surface area contributed by atoms with Crippen LogP contribution in [-0.2, 0) is 12.7 Å². The molecule has 0 amide bonds. The topological polar surface area (TPSA) is 56.0 Å². The van der Waals surface area contributed by atoms with Crippen molar-refractivity contribution in [2.24, 2.45) is 5.73 Å². The third kappa shape index (κ3) is 2.94. The van der Waals surface area contributed by atoms with Crippen molar-refractivity contribution in [1.82, 2.24) is 4.98 Å². The largest absolute Gasteiger partial charge is 0.418 e. The van der Waals surface area contributed by atoms with Crippen molar-refractivity contribution in [2.75, 3.05) is 0 Å². The number of carbonyl (C=O) groups is 1. The van der Waals surface area contributed by atoms with Gasteiger partial charge in [0.25, 0.3) is 11.7 Å². The van der Waals surface area contributed by atoms with E-state index in [1.54, 1.807) is 0 Å². The summed E-state index contributed by atoms with van der Waals surface area (Å²) in [5.41, 5.74) is 0.504. The molecular weight excluding hydrogens is 283 g/mol. The Morgan fingerprint density at radius 2 is 2.00 bits per heavy atom. The highest BCUT2D eigenvalue weighted by Gasteiger charge is 2.39. The van der Waals surface area contributed by atoms with E-state index in [1.807, 2.05) is 0 Å². The number of halogens is 6. The minimum absolute atomic E-state index is 0.321. The van der Waals surface area contributed by atoms with Crippen molar-refractivity contribution >= 4 is 16.8 Å². The summed E-state index contributed by atoms with van der Waals surface area (Å²) >= 11 is 5.01. The second-order valence-electron chi connectivity index (χ2n) is 3.19. The number of rotatable bonds is 3. The molecule has 0 aromatic carbocycles. The molecule has 2 N–H and O–H groups in total. The predicted molar refractivity (Wildman–Crippen MR) is 52.3 cm³/mol. The summed E-state index contributed by atoms with van der Waals surface area (Å²) in [7, 11) is 0. The third-order valence-corrected chi connectivity index (χ3v) is 2.23. The lowest BCUT2D eigenvalue weighted by Crippen LogP contribution is -2.19. The van der Waals surface area contributed by atoms with Gasteiger partial charge in [0.1, 0.15) is 5.69 Å². The minimum Gasteiger partial charge on any atom is -0.325 e. The van der Waals surface area contributed by atoms with Gasteiger partial charge in [-0.05, 0) is 17.7 Å². The van der Waals surface area contributed by atoms with Crippen LogP contribution in [0.3, 0.4) is 0 Å². The predicted octanol–water partition coefficient (Wildman–Crippen LogP) is 2.88. The van der Waals surface area contributed by atoms with Crippen LogP contribution in [0, 0.1) is 0 Å². The van der Waals surface area contributed by atoms with Crippen LogP contribution in [0.4, 0.5) is 22.0 Å². The van der Waals surface area contributed by atoms with Crippen LogP contribution < -0.4 is 5.73 Å². The Bertz CT molecular complexity index is 475. The van der Waals surface area contributed by atoms with Crippen LogP contribution in [-0.4, -0.2) is 10.2 Å². The van der Waals surface area contributed by atoms with E-state index in [-0.39, 0.29) is 0 Å². The van der Waals surface area contributed by atoms with E-state index in [9.17, 15) is 26.7 Å². The van der Waals surface area contributed by atoms with Crippen molar-refractivity contribution < 1.29 is 26.7 Å². The summed E-state index contributed by atoms with van der Waals surface area (Å²) in [5, 5.41) is -1.24. The van der Waals surface area contributed by atoms with Gasteiger partial charge in [-0.1, -0.05) is 0 Å². The van der Waals surface area contributed by atoms with E-state index >= 15 is 0 Å². The molecule has 0 unspecified atom stereocenters. The van der Waals surface area contributed by atoms with Gasteiger partial charge in [0.2, 0.25) is 0 Å². The fourth-order valence-corrected chi connectivity index (χ4v) is 1.46. The maximum Gasteiger partial charge on any atom is 0.418 e. The highest BCUT2D eigenvalue weighted by atomic mass is 35.5. The van der Waals surface area contributed by atoms with Crippen LogP contribution >= 0.6 is 11.6 Å². The second kappa shape index (κ2) is 5.15. The van der Waals surface area contributed by atoms with Crippen molar-refractivity contribution in [3.63, 3.8) is 0 Å². The molecule has 0 aliphatic carbocycles. The molecule has 9 heteroatoms. The number of nitrogens with two attached hydrogens (primary N) is 1. The van der Waals surface area contributed by atoms with E-state index in [2.05, 4.69) is 4.98 Å². The average Bonchev–Trinajstić information content (AvgIpc) is 2.25. The third-order valence-electron chi connectivity index (χ3n) is 2.04. The molecule has 1 aromatic heterocycles. The number of nitrogens with zero attached hydrogens (tertiary/aromatic N) is 1. The van der Waals surface area contributed by atoms with Gasteiger partial charge in [0.05, 0.1) is 11.3 Å². The lowest BCUT2D eigenvalue weighted by Gasteiger charge is -2.16. The Morgan fingerprint density at radius 1 is 1.44 bits per heavy atom. The number of hydrogen-bond acceptors (Lipinski definition) is 3. The molecule has 100 valence electrons. The van der Waals surface area contributed by atoms with Crippen LogP contribution in [0.5, 0.6) is 0 Å². The van der Waals surface area contributed by atoms with Gasteiger partial charge in [-0.15, -0.1) is 0 Å². The molecule has 0 fully saturated rings. The Morgan fingerprint density at radius 3 is 2.33 bits per heavy atom. The van der Waals surface area contributed by atoms with Crippen LogP contribution in [0.25, 0.3) is 0 Å². The quantitative estimate of drug-likeness (QED) is 0.687. The van der Waals surface area contributed by atoms with Crippen LogP contribution in [0.1, 0.15) is 33.7 Å². The smallest absolute Gasteiger partial charge is 0.325 e. The van der Waals surface area contributed by atoms with Gasteiger partial charge in [-0.25, -0.2) is 13.8 Å². The Hall–Kier alpha value is -1.28. The lowest BCUT2D eigenvalue weighted by atomic mass is 10.0. The molecule has 18 heavy (non-hydrogen) atoms. The number of pyridine rings is 1. The Kier molecular flexibility index (Phi) is 4.23. The van der Waals surface area contributed by atoms with Crippen LogP contribution in [0.15, 0.2) is 6.07 Å². The van der Waals surface area contributed by atoms with E-state index in [0.717, 1.165) is 0 Å². The van der Waals surface area contributed by atoms with Gasteiger partial charge in [-0.2, -0.15) is 13.2 Å². The van der Waals surface area contributed by atoms with E-state index in [0.29, 0.717) is 6.07 Å². The molecule has 1 aromatic rings. The average molecular weight is 289 g/mol. The zero-order chi connectivity index (χ0) is 14.1. The fourth-order valence-electron chi connectivity index (χ4n) is 1.37. The van der Waals surface area contributed by atoms with Gasteiger partial charge in [-0.3, -0.25) is 4.79 Å². The number of alkyl halides is 5. The van der Waals surface area contributed by atoms with Crippen molar-refractivity contribution in [3.8, 4) is 0 Å². The lowest BCUT2D eigenvalue weighted by molar-refractivity contribution is -0.140. The Balaban J connectivity index is 3.62. The monoisotopic (exact) mass is 288 g/mol. The standard InChI is InChI=1S/C9H6ClF5N2O/c10-7(18)4-1-3(8(11)12)6(9(13,14)15)5(2-16)17-4/h1,8H,2,16H2. The number of aromatic nitrogens is 1. The van der Waals surface area contributed by atoms with Gasteiger partial charge in [0, 0.05) is 12.1 Å². The summed E-state index contributed by atoms with van der Waals surface area (Å²) in [4.78, 5) is 14.0. The highest BCUT2D eigenvalue weighted by molar-refractivity contribution is 6.67. The molecule has 0 saturated carbocycles. The summed E-state index contributed by atoms with van der Waals surface area (Å²) in [6.45, 7) is -0.743. The highest BCUT2D eigenvalue weighted by Crippen LogP contribution is 2.38. The summed E-state index contributed by atoms with van der Waals surface area (Å²) < 4.78 is 63.1. The first-order valence-corrected chi connectivity index (χ1v) is 4.85. The van der Waals surface area contributed by atoms with E-state index in [4.69, 9.17) is 17.3 Å². The van der Waals surface area contributed by atoms with Crippen molar-refractivity contribution in [1.29, 1.82) is 0 Å². The molecule has 1 rings (SSSR count). The maximum atomic E-state index is 12.6. The molecule has 0 bridgehead atoms. The molecular formula is C9H6ClF5N2O. The summed E-state index contributed by atoms with van der Waals surface area (Å²) in [6.07, 6.45) is -8.47. The van der Waals surface area contributed by atoms with E-state index in [1.165, 1.54) is 0 Å². The Labute approximate surface area is 103 Å². The minimum atomic E-state index is -5.04. The molecule has 0 aliphatic rings. The van der Waals surface area contributed by atoms with Gasteiger partial charge in [0.15, 0.2) is 0 Å². The molecule has 1 heterocycles. The fraction of sp³-hybridized carbons (Fsp3) is 0.333. The first-order chi connectivity index (χ1) is 8.18. The van der Waals surface area contributed by atoms with E-state index < -0.39 is 46.9 Å². The first kappa shape index (κ1) is 14.8. The zero-order valence-corrected chi connectivity index (χ0v) is 9.32. The van der Waals surface area contributed by atoms with Crippen molar-refractivity contribution in [3.05, 3.63) is 28.6 Å². The molecule has 0 spiro atoms.